The monoisotopic (exact) mass is 397 g/mol. The lowest BCUT2D eigenvalue weighted by atomic mass is 10.1. The minimum absolute atomic E-state index is 0.136. The van der Waals surface area contributed by atoms with Crippen LogP contribution < -0.4 is 5.32 Å². The number of halogens is 1. The van der Waals surface area contributed by atoms with Crippen LogP contribution in [0.4, 0.5) is 5.69 Å². The van der Waals surface area contributed by atoms with Crippen LogP contribution in [0.2, 0.25) is 5.02 Å². The molecule has 0 radical (unpaired) electrons. The first kappa shape index (κ1) is 19.0. The predicted octanol–water partition coefficient (Wildman–Crippen LogP) is 4.05. The SMILES string of the molecule is Cc1cccc(-c2nnc(SCC(=O)Nc3cc(Cl)ccc3C#N)n2C)c1. The van der Waals surface area contributed by atoms with Crippen LogP contribution in [-0.2, 0) is 11.8 Å². The molecule has 0 aliphatic rings. The van der Waals surface area contributed by atoms with Crippen LogP contribution in [0.15, 0.2) is 47.6 Å². The average Bonchev–Trinajstić information content (AvgIpc) is 3.01. The summed E-state index contributed by atoms with van der Waals surface area (Å²) in [6, 6.07) is 14.8. The molecule has 0 saturated carbocycles. The Morgan fingerprint density at radius 1 is 1.30 bits per heavy atom. The fraction of sp³-hybridized carbons (Fsp3) is 0.158. The molecular weight excluding hydrogens is 382 g/mol. The van der Waals surface area contributed by atoms with Crippen LogP contribution >= 0.6 is 23.4 Å². The largest absolute Gasteiger partial charge is 0.324 e. The molecule has 0 fully saturated rings. The number of nitriles is 1. The molecule has 0 bridgehead atoms. The molecule has 0 aliphatic heterocycles. The van der Waals surface area contributed by atoms with Crippen molar-refractivity contribution >= 4 is 35.0 Å². The van der Waals surface area contributed by atoms with E-state index in [4.69, 9.17) is 16.9 Å². The van der Waals surface area contributed by atoms with Gasteiger partial charge in [-0.2, -0.15) is 5.26 Å². The molecule has 8 heteroatoms. The van der Waals surface area contributed by atoms with E-state index < -0.39 is 0 Å². The minimum Gasteiger partial charge on any atom is -0.324 e. The fourth-order valence-corrected chi connectivity index (χ4v) is 3.39. The Labute approximate surface area is 166 Å². The Balaban J connectivity index is 1.68. The Morgan fingerprint density at radius 2 is 2.11 bits per heavy atom. The number of nitrogens with zero attached hydrogens (tertiary/aromatic N) is 4. The summed E-state index contributed by atoms with van der Waals surface area (Å²) >= 11 is 7.21. The van der Waals surface area contributed by atoms with Gasteiger partial charge in [0, 0.05) is 17.6 Å². The third-order valence-electron chi connectivity index (χ3n) is 3.82. The van der Waals surface area contributed by atoms with Gasteiger partial charge < -0.3 is 9.88 Å². The number of hydrogen-bond donors (Lipinski definition) is 1. The highest BCUT2D eigenvalue weighted by molar-refractivity contribution is 7.99. The summed E-state index contributed by atoms with van der Waals surface area (Å²) in [6.07, 6.45) is 0. The Morgan fingerprint density at radius 3 is 2.85 bits per heavy atom. The number of amides is 1. The van der Waals surface area contributed by atoms with E-state index in [2.05, 4.69) is 15.5 Å². The van der Waals surface area contributed by atoms with Crippen LogP contribution in [-0.4, -0.2) is 26.4 Å². The third-order valence-corrected chi connectivity index (χ3v) is 5.08. The highest BCUT2D eigenvalue weighted by atomic mass is 35.5. The zero-order valence-electron chi connectivity index (χ0n) is 14.7. The molecule has 6 nitrogen and oxygen atoms in total. The third kappa shape index (κ3) is 4.48. The summed E-state index contributed by atoms with van der Waals surface area (Å²) in [5.41, 5.74) is 2.87. The summed E-state index contributed by atoms with van der Waals surface area (Å²) in [4.78, 5) is 12.3. The molecule has 0 spiro atoms. The molecule has 0 saturated heterocycles. The number of benzene rings is 2. The van der Waals surface area contributed by atoms with Gasteiger partial charge in [-0.1, -0.05) is 47.1 Å². The van der Waals surface area contributed by atoms with Crippen molar-refractivity contribution in [2.75, 3.05) is 11.1 Å². The van der Waals surface area contributed by atoms with Gasteiger partial charge in [0.25, 0.3) is 0 Å². The molecule has 1 N–H and O–H groups in total. The van der Waals surface area contributed by atoms with Crippen molar-refractivity contribution in [1.82, 2.24) is 14.8 Å². The van der Waals surface area contributed by atoms with Crippen LogP contribution in [0.3, 0.4) is 0 Å². The number of anilines is 1. The second-order valence-corrected chi connectivity index (χ2v) is 7.25. The van der Waals surface area contributed by atoms with Crippen LogP contribution in [0, 0.1) is 18.3 Å². The summed E-state index contributed by atoms with van der Waals surface area (Å²) in [7, 11) is 1.86. The second kappa shape index (κ2) is 8.25. The summed E-state index contributed by atoms with van der Waals surface area (Å²) in [5, 5.41) is 21.3. The van der Waals surface area contributed by atoms with E-state index in [9.17, 15) is 4.79 Å². The molecule has 27 heavy (non-hydrogen) atoms. The smallest absolute Gasteiger partial charge is 0.234 e. The van der Waals surface area contributed by atoms with Crippen molar-refractivity contribution in [3.8, 4) is 17.5 Å². The quantitative estimate of drug-likeness (QED) is 0.656. The normalized spacial score (nSPS) is 10.4. The number of hydrogen-bond acceptors (Lipinski definition) is 5. The van der Waals surface area contributed by atoms with E-state index in [-0.39, 0.29) is 11.7 Å². The van der Waals surface area contributed by atoms with Crippen molar-refractivity contribution in [3.05, 3.63) is 58.6 Å². The van der Waals surface area contributed by atoms with Gasteiger partial charge in [-0.3, -0.25) is 4.79 Å². The van der Waals surface area contributed by atoms with E-state index in [0.717, 1.165) is 17.0 Å². The lowest BCUT2D eigenvalue weighted by molar-refractivity contribution is -0.113. The van der Waals surface area contributed by atoms with Crippen LogP contribution in [0.1, 0.15) is 11.1 Å². The summed E-state index contributed by atoms with van der Waals surface area (Å²) in [5.74, 6) is 0.624. The molecule has 0 unspecified atom stereocenters. The van der Waals surface area contributed by atoms with Crippen molar-refractivity contribution < 1.29 is 4.79 Å². The van der Waals surface area contributed by atoms with E-state index in [1.807, 2.05) is 48.9 Å². The molecule has 0 atom stereocenters. The maximum Gasteiger partial charge on any atom is 0.234 e. The fourth-order valence-electron chi connectivity index (χ4n) is 2.51. The first-order valence-electron chi connectivity index (χ1n) is 8.06. The lowest BCUT2D eigenvalue weighted by Crippen LogP contribution is -2.15. The molecule has 3 rings (SSSR count). The first-order valence-corrected chi connectivity index (χ1v) is 9.43. The second-order valence-electron chi connectivity index (χ2n) is 5.87. The van der Waals surface area contributed by atoms with Gasteiger partial charge in [-0.15, -0.1) is 10.2 Å². The molecule has 3 aromatic rings. The Kier molecular flexibility index (Phi) is 5.79. The van der Waals surface area contributed by atoms with E-state index in [0.29, 0.717) is 21.4 Å². The summed E-state index contributed by atoms with van der Waals surface area (Å²) in [6.45, 7) is 2.02. The maximum atomic E-state index is 12.3. The van der Waals surface area contributed by atoms with E-state index in [1.54, 1.807) is 18.2 Å². The van der Waals surface area contributed by atoms with E-state index >= 15 is 0 Å². The maximum absolute atomic E-state index is 12.3. The first-order chi connectivity index (χ1) is 13.0. The van der Waals surface area contributed by atoms with Crippen LogP contribution in [0.5, 0.6) is 0 Å². The number of nitrogens with one attached hydrogen (secondary N) is 1. The lowest BCUT2D eigenvalue weighted by Gasteiger charge is -2.07. The number of aromatic nitrogens is 3. The molecule has 2 aromatic carbocycles. The zero-order chi connectivity index (χ0) is 19.4. The highest BCUT2D eigenvalue weighted by Gasteiger charge is 2.14. The average molecular weight is 398 g/mol. The van der Waals surface area contributed by atoms with Gasteiger partial charge in [0.05, 0.1) is 17.0 Å². The highest BCUT2D eigenvalue weighted by Crippen LogP contribution is 2.24. The zero-order valence-corrected chi connectivity index (χ0v) is 16.3. The van der Waals surface area contributed by atoms with E-state index in [1.165, 1.54) is 11.8 Å². The topological polar surface area (TPSA) is 83.6 Å². The summed E-state index contributed by atoms with van der Waals surface area (Å²) < 4.78 is 1.85. The van der Waals surface area contributed by atoms with Gasteiger partial charge in [-0.05, 0) is 31.2 Å². The number of carbonyl (C=O) groups is 1. The number of aryl methyl sites for hydroxylation is 1. The van der Waals surface area contributed by atoms with Crippen LogP contribution in [0.25, 0.3) is 11.4 Å². The predicted molar refractivity (Wildman–Crippen MR) is 107 cm³/mol. The van der Waals surface area contributed by atoms with Gasteiger partial charge in [0.2, 0.25) is 5.91 Å². The van der Waals surface area contributed by atoms with Crippen molar-refractivity contribution in [2.45, 2.75) is 12.1 Å². The Bertz CT molecular complexity index is 1040. The number of carbonyl (C=O) groups excluding carboxylic acids is 1. The molecular formula is C19H16ClN5OS. The molecule has 136 valence electrons. The van der Waals surface area contributed by atoms with Gasteiger partial charge in [0.15, 0.2) is 11.0 Å². The minimum atomic E-state index is -0.251. The molecule has 1 amide bonds. The number of rotatable bonds is 5. The molecule has 1 aromatic heterocycles. The van der Waals surface area contributed by atoms with Gasteiger partial charge >= 0.3 is 0 Å². The Hall–Kier alpha value is -2.82. The molecule has 1 heterocycles. The van der Waals surface area contributed by atoms with Gasteiger partial charge in [0.1, 0.15) is 6.07 Å². The number of thioether (sulfide) groups is 1. The van der Waals surface area contributed by atoms with Crippen molar-refractivity contribution in [1.29, 1.82) is 5.26 Å². The molecule has 0 aliphatic carbocycles. The standard InChI is InChI=1S/C19H16ClN5OS/c1-12-4-3-5-13(8-12)18-23-24-19(25(18)2)27-11-17(26)22-16-9-15(20)7-6-14(16)10-21/h3-9H,11H2,1-2H3,(H,22,26). The van der Waals surface area contributed by atoms with Crippen molar-refractivity contribution in [2.24, 2.45) is 7.05 Å². The van der Waals surface area contributed by atoms with Crippen molar-refractivity contribution in [3.63, 3.8) is 0 Å². The van der Waals surface area contributed by atoms with Gasteiger partial charge in [-0.25, -0.2) is 0 Å².